The molecule has 9 heteroatoms. The first-order valence-corrected chi connectivity index (χ1v) is 10.1. The first kappa shape index (κ1) is 20.4. The molecule has 156 valence electrons. The van der Waals surface area contributed by atoms with Crippen LogP contribution in [-0.2, 0) is 0 Å². The summed E-state index contributed by atoms with van der Waals surface area (Å²) in [5, 5.41) is 15.6. The number of aromatic nitrogens is 1. The zero-order valence-electron chi connectivity index (χ0n) is 16.6. The summed E-state index contributed by atoms with van der Waals surface area (Å²) in [6.45, 7) is 3.72. The van der Waals surface area contributed by atoms with Gasteiger partial charge in [-0.25, -0.2) is 9.82 Å². The van der Waals surface area contributed by atoms with Gasteiger partial charge in [-0.1, -0.05) is 12.1 Å². The van der Waals surface area contributed by atoms with Gasteiger partial charge in [-0.3, -0.25) is 14.9 Å². The number of hydrazone groups is 1. The average molecular weight is 436 g/mol. The highest BCUT2D eigenvalue weighted by Crippen LogP contribution is 2.29. The number of benzene rings is 2. The number of nitrogens with zero attached hydrogens (tertiary/aromatic N) is 3. The molecule has 0 atom stereocenters. The minimum absolute atomic E-state index is 0.0273. The van der Waals surface area contributed by atoms with Gasteiger partial charge in [-0.2, -0.15) is 5.10 Å². The number of carbonyl (C=O) groups excluding carboxylic acids is 1. The Hall–Kier alpha value is -3.85. The van der Waals surface area contributed by atoms with E-state index in [0.717, 1.165) is 21.7 Å². The van der Waals surface area contributed by atoms with Crippen LogP contribution in [0.2, 0.25) is 0 Å². The van der Waals surface area contributed by atoms with Gasteiger partial charge in [-0.15, -0.1) is 11.3 Å². The van der Waals surface area contributed by atoms with Crippen molar-refractivity contribution >= 4 is 39.2 Å². The molecule has 4 rings (SSSR count). The van der Waals surface area contributed by atoms with E-state index in [-0.39, 0.29) is 11.5 Å². The molecule has 4 aromatic rings. The number of para-hydroxylation sites is 1. The molecular formula is C22H17FN4O3S. The predicted octanol–water partition coefficient (Wildman–Crippen LogP) is 5.12. The number of hydrogen-bond acceptors (Lipinski definition) is 5. The van der Waals surface area contributed by atoms with E-state index in [1.165, 1.54) is 35.8 Å². The molecule has 0 unspecified atom stereocenters. The normalized spacial score (nSPS) is 11.3. The van der Waals surface area contributed by atoms with Gasteiger partial charge in [0.2, 0.25) is 0 Å². The number of carbonyl (C=O) groups is 1. The van der Waals surface area contributed by atoms with Crippen LogP contribution in [0.1, 0.15) is 26.6 Å². The molecule has 1 N–H and O–H groups in total. The van der Waals surface area contributed by atoms with E-state index in [9.17, 15) is 19.3 Å². The van der Waals surface area contributed by atoms with Crippen molar-refractivity contribution in [2.45, 2.75) is 13.8 Å². The van der Waals surface area contributed by atoms with Crippen molar-refractivity contribution in [3.63, 3.8) is 0 Å². The van der Waals surface area contributed by atoms with Crippen LogP contribution in [0.15, 0.2) is 59.7 Å². The largest absolute Gasteiger partial charge is 0.315 e. The minimum atomic E-state index is -0.473. The number of rotatable bonds is 5. The Bertz CT molecular complexity index is 1360. The lowest BCUT2D eigenvalue weighted by Gasteiger charge is -2.10. The SMILES string of the molecule is Cc1cc(/C=N\NC(=O)c2cc3cc([N+](=O)[O-])ccc3s2)c(C)n1-c1ccccc1F. The lowest BCUT2D eigenvalue weighted by Crippen LogP contribution is -2.16. The van der Waals surface area contributed by atoms with Crippen molar-refractivity contribution in [1.82, 2.24) is 9.99 Å². The molecule has 0 aliphatic rings. The van der Waals surface area contributed by atoms with E-state index in [1.54, 1.807) is 34.9 Å². The van der Waals surface area contributed by atoms with Crippen LogP contribution in [0.4, 0.5) is 10.1 Å². The van der Waals surface area contributed by atoms with Crippen LogP contribution in [0.3, 0.4) is 0 Å². The second-order valence-electron chi connectivity index (χ2n) is 6.90. The number of nitrogens with one attached hydrogen (secondary N) is 1. The topological polar surface area (TPSA) is 89.5 Å². The van der Waals surface area contributed by atoms with Crippen molar-refractivity contribution in [1.29, 1.82) is 0 Å². The second-order valence-corrected chi connectivity index (χ2v) is 7.99. The summed E-state index contributed by atoms with van der Waals surface area (Å²) in [5.74, 6) is -0.742. The van der Waals surface area contributed by atoms with Gasteiger partial charge in [0.15, 0.2) is 0 Å². The maximum Gasteiger partial charge on any atom is 0.281 e. The van der Waals surface area contributed by atoms with Gasteiger partial charge >= 0.3 is 0 Å². The van der Waals surface area contributed by atoms with E-state index in [4.69, 9.17) is 0 Å². The van der Waals surface area contributed by atoms with Gasteiger partial charge in [0.25, 0.3) is 11.6 Å². The number of fused-ring (bicyclic) bond motifs is 1. The Kier molecular flexibility index (Phi) is 5.35. The average Bonchev–Trinajstić information content (AvgIpc) is 3.29. The zero-order valence-corrected chi connectivity index (χ0v) is 17.4. The maximum atomic E-state index is 14.2. The highest BCUT2D eigenvalue weighted by Gasteiger charge is 2.14. The minimum Gasteiger partial charge on any atom is -0.315 e. The van der Waals surface area contributed by atoms with Gasteiger partial charge in [-0.05, 0) is 44.2 Å². The number of hydrogen-bond donors (Lipinski definition) is 1. The number of non-ortho nitro benzene ring substituents is 1. The molecule has 0 bridgehead atoms. The molecule has 31 heavy (non-hydrogen) atoms. The predicted molar refractivity (Wildman–Crippen MR) is 119 cm³/mol. The third kappa shape index (κ3) is 3.95. The molecule has 0 saturated heterocycles. The molecule has 2 aromatic carbocycles. The Morgan fingerprint density at radius 3 is 2.71 bits per heavy atom. The fourth-order valence-electron chi connectivity index (χ4n) is 3.39. The number of halogens is 1. The van der Waals surface area contributed by atoms with E-state index in [2.05, 4.69) is 10.5 Å². The lowest BCUT2D eigenvalue weighted by atomic mass is 10.2. The smallest absolute Gasteiger partial charge is 0.281 e. The summed E-state index contributed by atoms with van der Waals surface area (Å²) >= 11 is 1.23. The van der Waals surface area contributed by atoms with Gasteiger partial charge < -0.3 is 4.57 Å². The van der Waals surface area contributed by atoms with Crippen LogP contribution in [0.25, 0.3) is 15.8 Å². The lowest BCUT2D eigenvalue weighted by molar-refractivity contribution is -0.384. The fraction of sp³-hybridized carbons (Fsp3) is 0.0909. The number of nitro benzene ring substituents is 1. The van der Waals surface area contributed by atoms with E-state index >= 15 is 0 Å². The Labute approximate surface area is 180 Å². The molecule has 0 saturated carbocycles. The molecule has 0 fully saturated rings. The number of nitro groups is 1. The number of aryl methyl sites for hydroxylation is 1. The monoisotopic (exact) mass is 436 g/mol. The van der Waals surface area contributed by atoms with Crippen molar-refractivity contribution in [2.24, 2.45) is 5.10 Å². The first-order chi connectivity index (χ1) is 14.8. The molecule has 0 spiro atoms. The van der Waals surface area contributed by atoms with Crippen LogP contribution < -0.4 is 5.43 Å². The highest BCUT2D eigenvalue weighted by atomic mass is 32.1. The van der Waals surface area contributed by atoms with E-state index in [1.807, 2.05) is 19.9 Å². The van der Waals surface area contributed by atoms with Crippen LogP contribution >= 0.6 is 11.3 Å². The van der Waals surface area contributed by atoms with Crippen molar-refractivity contribution in [2.75, 3.05) is 0 Å². The van der Waals surface area contributed by atoms with Crippen molar-refractivity contribution in [3.05, 3.63) is 92.4 Å². The summed E-state index contributed by atoms with van der Waals surface area (Å²) in [4.78, 5) is 23.3. The summed E-state index contributed by atoms with van der Waals surface area (Å²) in [6, 6.07) is 14.4. The maximum absolute atomic E-state index is 14.2. The van der Waals surface area contributed by atoms with Crippen LogP contribution in [0, 0.1) is 29.8 Å². The van der Waals surface area contributed by atoms with Crippen LogP contribution in [-0.4, -0.2) is 21.6 Å². The molecule has 1 amide bonds. The standard InChI is InChI=1S/C22H17FN4O3S/c1-13-9-16(14(2)26(13)19-6-4-3-5-18(19)23)12-24-25-22(28)21-11-15-10-17(27(29)30)7-8-20(15)31-21/h3-12H,1-2H3,(H,25,28)/b24-12-. The fourth-order valence-corrected chi connectivity index (χ4v) is 4.33. The number of amides is 1. The van der Waals surface area contributed by atoms with Gasteiger partial charge in [0.1, 0.15) is 5.82 Å². The highest BCUT2D eigenvalue weighted by molar-refractivity contribution is 7.20. The Morgan fingerprint density at radius 2 is 1.97 bits per heavy atom. The summed E-state index contributed by atoms with van der Waals surface area (Å²) < 4.78 is 16.8. The van der Waals surface area contributed by atoms with E-state index in [0.29, 0.717) is 16.0 Å². The third-order valence-corrected chi connectivity index (χ3v) is 5.98. The molecular weight excluding hydrogens is 419 g/mol. The van der Waals surface area contributed by atoms with Gasteiger partial charge in [0.05, 0.1) is 21.7 Å². The second kappa shape index (κ2) is 8.11. The molecule has 7 nitrogen and oxygen atoms in total. The van der Waals surface area contributed by atoms with E-state index < -0.39 is 10.8 Å². The quantitative estimate of drug-likeness (QED) is 0.267. The molecule has 0 aliphatic carbocycles. The zero-order chi connectivity index (χ0) is 22.1. The van der Waals surface area contributed by atoms with Crippen LogP contribution in [0.5, 0.6) is 0 Å². The molecule has 2 heterocycles. The Balaban J connectivity index is 1.53. The molecule has 0 radical (unpaired) electrons. The van der Waals surface area contributed by atoms with Crippen molar-refractivity contribution < 1.29 is 14.1 Å². The first-order valence-electron chi connectivity index (χ1n) is 9.30. The number of thiophene rings is 1. The summed E-state index contributed by atoms with van der Waals surface area (Å²) in [7, 11) is 0. The summed E-state index contributed by atoms with van der Waals surface area (Å²) in [6.07, 6.45) is 1.51. The molecule has 2 aromatic heterocycles. The van der Waals surface area contributed by atoms with Gasteiger partial charge in [0, 0.05) is 39.2 Å². The van der Waals surface area contributed by atoms with Crippen molar-refractivity contribution in [3.8, 4) is 5.69 Å². The summed E-state index contributed by atoms with van der Waals surface area (Å²) in [5.41, 5.74) is 5.26. The Morgan fingerprint density at radius 1 is 1.19 bits per heavy atom. The molecule has 0 aliphatic heterocycles. The third-order valence-electron chi connectivity index (χ3n) is 4.87.